The molecule has 0 saturated heterocycles. The minimum Gasteiger partial charge on any atom is -0.495 e. The number of thiazole rings is 1. The molecule has 0 saturated carbocycles. The van der Waals surface area contributed by atoms with E-state index < -0.39 is 0 Å². The van der Waals surface area contributed by atoms with E-state index in [-0.39, 0.29) is 0 Å². The van der Waals surface area contributed by atoms with Crippen molar-refractivity contribution in [1.82, 2.24) is 24.7 Å². The molecule has 0 aliphatic rings. The molecular formula is C18H18N6OS. The zero-order chi connectivity index (χ0) is 18.1. The number of benzene rings is 1. The summed E-state index contributed by atoms with van der Waals surface area (Å²) in [6.07, 6.45) is 1.51. The van der Waals surface area contributed by atoms with Gasteiger partial charge in [-0.3, -0.25) is 4.57 Å². The van der Waals surface area contributed by atoms with Gasteiger partial charge in [-0.05, 0) is 32.0 Å². The maximum absolute atomic E-state index is 5.38. The Labute approximate surface area is 154 Å². The van der Waals surface area contributed by atoms with E-state index in [0.29, 0.717) is 5.95 Å². The minimum atomic E-state index is 0.703. The lowest BCUT2D eigenvalue weighted by molar-refractivity contribution is 0.417. The third-order valence-corrected chi connectivity index (χ3v) is 4.93. The van der Waals surface area contributed by atoms with Gasteiger partial charge in [0.25, 0.3) is 0 Å². The SMILES string of the molecule is COc1ccccc1Nc1nc(-c2cc(C)n(-c3ncn[nH]3)c2C)cs1. The lowest BCUT2D eigenvalue weighted by atomic mass is 10.2. The molecule has 0 aliphatic carbocycles. The second-order valence-electron chi connectivity index (χ2n) is 5.79. The van der Waals surface area contributed by atoms with Gasteiger partial charge in [0, 0.05) is 22.3 Å². The van der Waals surface area contributed by atoms with E-state index in [0.717, 1.165) is 39.2 Å². The Morgan fingerprint density at radius 1 is 1.23 bits per heavy atom. The van der Waals surface area contributed by atoms with Crippen molar-refractivity contribution in [2.45, 2.75) is 13.8 Å². The Balaban J connectivity index is 1.66. The number of rotatable bonds is 5. The predicted octanol–water partition coefficient (Wildman–Crippen LogP) is 4.09. The Morgan fingerprint density at radius 3 is 2.85 bits per heavy atom. The molecule has 26 heavy (non-hydrogen) atoms. The lowest BCUT2D eigenvalue weighted by Crippen LogP contribution is -2.01. The fourth-order valence-corrected chi connectivity index (χ4v) is 3.70. The van der Waals surface area contributed by atoms with E-state index in [1.54, 1.807) is 18.4 Å². The van der Waals surface area contributed by atoms with Crippen LogP contribution in [0, 0.1) is 13.8 Å². The van der Waals surface area contributed by atoms with E-state index in [9.17, 15) is 0 Å². The average Bonchev–Trinajstić information content (AvgIpc) is 3.37. The molecular weight excluding hydrogens is 348 g/mol. The van der Waals surface area contributed by atoms with E-state index in [4.69, 9.17) is 9.72 Å². The number of H-pyrrole nitrogens is 1. The zero-order valence-electron chi connectivity index (χ0n) is 14.6. The highest BCUT2D eigenvalue weighted by molar-refractivity contribution is 7.14. The van der Waals surface area contributed by atoms with Crippen LogP contribution in [-0.4, -0.2) is 31.8 Å². The Bertz CT molecular complexity index is 1030. The summed E-state index contributed by atoms with van der Waals surface area (Å²) < 4.78 is 7.42. The third-order valence-electron chi connectivity index (χ3n) is 4.17. The molecule has 0 bridgehead atoms. The summed E-state index contributed by atoms with van der Waals surface area (Å²) in [4.78, 5) is 8.99. The molecule has 2 N–H and O–H groups in total. The summed E-state index contributed by atoms with van der Waals surface area (Å²) >= 11 is 1.56. The molecule has 0 radical (unpaired) electrons. The number of hydrogen-bond acceptors (Lipinski definition) is 6. The fraction of sp³-hybridized carbons (Fsp3) is 0.167. The van der Waals surface area contributed by atoms with Gasteiger partial charge in [0.05, 0.1) is 18.5 Å². The monoisotopic (exact) mass is 366 g/mol. The third kappa shape index (κ3) is 2.84. The van der Waals surface area contributed by atoms with Crippen molar-refractivity contribution in [2.24, 2.45) is 0 Å². The Morgan fingerprint density at radius 2 is 2.08 bits per heavy atom. The van der Waals surface area contributed by atoms with Gasteiger partial charge < -0.3 is 10.1 Å². The molecule has 3 heterocycles. The molecule has 0 fully saturated rings. The van der Waals surface area contributed by atoms with Crippen LogP contribution in [0.4, 0.5) is 10.8 Å². The first kappa shape index (κ1) is 16.3. The number of methoxy groups -OCH3 is 1. The highest BCUT2D eigenvalue weighted by atomic mass is 32.1. The first-order valence-electron chi connectivity index (χ1n) is 8.08. The van der Waals surface area contributed by atoms with Crippen LogP contribution in [0.25, 0.3) is 17.2 Å². The molecule has 3 aromatic heterocycles. The zero-order valence-corrected chi connectivity index (χ0v) is 15.5. The molecule has 0 spiro atoms. The second kappa shape index (κ2) is 6.64. The summed E-state index contributed by atoms with van der Waals surface area (Å²) in [5, 5.41) is 13.0. The van der Waals surface area contributed by atoms with Crippen molar-refractivity contribution in [2.75, 3.05) is 12.4 Å². The van der Waals surface area contributed by atoms with Crippen LogP contribution < -0.4 is 10.1 Å². The van der Waals surface area contributed by atoms with Crippen LogP contribution in [0.1, 0.15) is 11.4 Å². The molecule has 8 heteroatoms. The summed E-state index contributed by atoms with van der Waals surface area (Å²) in [5.74, 6) is 1.49. The molecule has 4 rings (SSSR count). The van der Waals surface area contributed by atoms with Crippen LogP contribution in [0.2, 0.25) is 0 Å². The summed E-state index contributed by atoms with van der Waals surface area (Å²) in [6, 6.07) is 9.90. The van der Waals surface area contributed by atoms with Crippen LogP contribution >= 0.6 is 11.3 Å². The number of nitrogens with zero attached hydrogens (tertiary/aromatic N) is 4. The Kier molecular flexibility index (Phi) is 4.18. The highest BCUT2D eigenvalue weighted by Crippen LogP contribution is 2.33. The number of aromatic nitrogens is 5. The summed E-state index contributed by atoms with van der Waals surface area (Å²) in [7, 11) is 1.66. The number of ether oxygens (including phenoxy) is 1. The maximum atomic E-state index is 5.38. The van der Waals surface area contributed by atoms with Crippen molar-refractivity contribution in [3.63, 3.8) is 0 Å². The molecule has 1 aromatic carbocycles. The maximum Gasteiger partial charge on any atom is 0.229 e. The average molecular weight is 366 g/mol. The van der Waals surface area contributed by atoms with E-state index in [1.807, 2.05) is 41.1 Å². The molecule has 0 atom stereocenters. The number of nitrogens with one attached hydrogen (secondary N) is 2. The van der Waals surface area contributed by atoms with Crippen molar-refractivity contribution in [3.8, 4) is 23.0 Å². The predicted molar refractivity (Wildman–Crippen MR) is 103 cm³/mol. The van der Waals surface area contributed by atoms with Crippen LogP contribution in [-0.2, 0) is 0 Å². The van der Waals surface area contributed by atoms with Crippen molar-refractivity contribution >= 4 is 22.2 Å². The topological polar surface area (TPSA) is 80.7 Å². The normalized spacial score (nSPS) is 10.9. The van der Waals surface area contributed by atoms with Gasteiger partial charge in [-0.2, -0.15) is 10.1 Å². The number of anilines is 2. The number of aromatic amines is 1. The number of para-hydroxylation sites is 2. The molecule has 0 aliphatic heterocycles. The van der Waals surface area contributed by atoms with Crippen molar-refractivity contribution < 1.29 is 4.74 Å². The first-order valence-corrected chi connectivity index (χ1v) is 8.96. The minimum absolute atomic E-state index is 0.703. The number of aryl methyl sites for hydroxylation is 1. The lowest BCUT2D eigenvalue weighted by Gasteiger charge is -2.08. The second-order valence-corrected chi connectivity index (χ2v) is 6.65. The molecule has 132 valence electrons. The van der Waals surface area contributed by atoms with Crippen LogP contribution in [0.15, 0.2) is 42.0 Å². The van der Waals surface area contributed by atoms with E-state index in [2.05, 4.69) is 33.5 Å². The molecule has 0 unspecified atom stereocenters. The highest BCUT2D eigenvalue weighted by Gasteiger charge is 2.16. The van der Waals surface area contributed by atoms with Gasteiger partial charge >= 0.3 is 0 Å². The molecule has 7 nitrogen and oxygen atoms in total. The van der Waals surface area contributed by atoms with Gasteiger partial charge in [-0.25, -0.2) is 10.1 Å². The number of hydrogen-bond donors (Lipinski definition) is 2. The standard InChI is InChI=1S/C18H18N6OS/c1-11-8-13(12(2)24(11)17-19-10-20-23-17)15-9-26-18(22-15)21-14-6-4-5-7-16(14)25-3/h4-10H,1-3H3,(H,21,22)(H,19,20,23). The summed E-state index contributed by atoms with van der Waals surface area (Å²) in [5.41, 5.74) is 5.02. The van der Waals surface area contributed by atoms with Crippen molar-refractivity contribution in [3.05, 3.63) is 53.4 Å². The van der Waals surface area contributed by atoms with E-state index >= 15 is 0 Å². The molecule has 4 aromatic rings. The fourth-order valence-electron chi connectivity index (χ4n) is 2.97. The largest absolute Gasteiger partial charge is 0.495 e. The summed E-state index contributed by atoms with van der Waals surface area (Å²) in [6.45, 7) is 4.09. The van der Waals surface area contributed by atoms with Crippen molar-refractivity contribution in [1.29, 1.82) is 0 Å². The van der Waals surface area contributed by atoms with E-state index in [1.165, 1.54) is 6.33 Å². The van der Waals surface area contributed by atoms with Crippen LogP contribution in [0.5, 0.6) is 5.75 Å². The van der Waals surface area contributed by atoms with Gasteiger partial charge in [-0.1, -0.05) is 12.1 Å². The van der Waals surface area contributed by atoms with Gasteiger partial charge in [0.1, 0.15) is 12.1 Å². The van der Waals surface area contributed by atoms with Gasteiger partial charge in [-0.15, -0.1) is 11.3 Å². The quantitative estimate of drug-likeness (QED) is 0.556. The first-order chi connectivity index (χ1) is 12.7. The smallest absolute Gasteiger partial charge is 0.229 e. The van der Waals surface area contributed by atoms with Gasteiger partial charge in [0.15, 0.2) is 5.13 Å². The molecule has 0 amide bonds. The van der Waals surface area contributed by atoms with Gasteiger partial charge in [0.2, 0.25) is 5.95 Å². The Hall–Kier alpha value is -3.13. The van der Waals surface area contributed by atoms with Crippen LogP contribution in [0.3, 0.4) is 0 Å².